The molecule has 0 aliphatic carbocycles. The number of carbonyl (C=O) groups excluding carboxylic acids is 2. The number of hydrogen-bond acceptors (Lipinski definition) is 5. The fourth-order valence-electron chi connectivity index (χ4n) is 3.60. The highest BCUT2D eigenvalue weighted by Gasteiger charge is 2.26. The molecule has 31 heavy (non-hydrogen) atoms. The Morgan fingerprint density at radius 3 is 2.94 bits per heavy atom. The summed E-state index contributed by atoms with van der Waals surface area (Å²) in [5.41, 5.74) is 1.15. The van der Waals surface area contributed by atoms with E-state index < -0.39 is 5.82 Å². The van der Waals surface area contributed by atoms with Crippen molar-refractivity contribution >= 4 is 44.7 Å². The molecule has 0 spiro atoms. The van der Waals surface area contributed by atoms with Gasteiger partial charge in [0.05, 0.1) is 25.1 Å². The van der Waals surface area contributed by atoms with Gasteiger partial charge in [-0.05, 0) is 59.7 Å². The molecule has 8 heteroatoms. The third kappa shape index (κ3) is 5.06. The zero-order chi connectivity index (χ0) is 22.0. The zero-order valence-corrected chi connectivity index (χ0v) is 18.5. The third-order valence-corrected chi connectivity index (χ3v) is 6.44. The molecule has 3 aromatic rings. The summed E-state index contributed by atoms with van der Waals surface area (Å²) in [5.74, 6) is -0.453. The number of ether oxygens (including phenoxy) is 2. The van der Waals surface area contributed by atoms with Gasteiger partial charge < -0.3 is 14.4 Å². The number of rotatable bonds is 6. The lowest BCUT2D eigenvalue weighted by atomic mass is 10.1. The van der Waals surface area contributed by atoms with Crippen LogP contribution in [-0.2, 0) is 16.0 Å². The molecule has 0 bridgehead atoms. The number of amides is 1. The lowest BCUT2D eigenvalue weighted by molar-refractivity contribution is -0.139. The van der Waals surface area contributed by atoms with Gasteiger partial charge in [-0.2, -0.15) is 0 Å². The van der Waals surface area contributed by atoms with Gasteiger partial charge in [0.1, 0.15) is 24.3 Å². The Morgan fingerprint density at radius 1 is 1.29 bits per heavy atom. The average Bonchev–Trinajstić information content (AvgIpc) is 3.14. The van der Waals surface area contributed by atoms with Gasteiger partial charge in [-0.3, -0.25) is 9.59 Å². The van der Waals surface area contributed by atoms with Crippen LogP contribution in [0.15, 0.2) is 41.8 Å². The molecule has 2 aromatic carbocycles. The van der Waals surface area contributed by atoms with Crippen molar-refractivity contribution in [2.75, 3.05) is 26.3 Å². The van der Waals surface area contributed by atoms with E-state index in [1.807, 2.05) is 23.6 Å². The molecule has 1 aliphatic heterocycles. The predicted molar refractivity (Wildman–Crippen MR) is 119 cm³/mol. The zero-order valence-electron chi connectivity index (χ0n) is 16.9. The molecule has 4 rings (SSSR count). The number of carbonyl (C=O) groups is 2. The molecule has 2 heterocycles. The monoisotopic (exact) mass is 461 g/mol. The molecule has 1 fully saturated rings. The van der Waals surface area contributed by atoms with Crippen LogP contribution in [0.25, 0.3) is 10.1 Å². The summed E-state index contributed by atoms with van der Waals surface area (Å²) >= 11 is 7.71. The van der Waals surface area contributed by atoms with Gasteiger partial charge in [0.25, 0.3) is 0 Å². The number of fused-ring (bicyclic) bond motifs is 1. The fraction of sp³-hybridized carbons (Fsp3) is 0.304. The number of morpholine rings is 1. The Labute approximate surface area is 188 Å². The third-order valence-electron chi connectivity index (χ3n) is 5.19. The number of hydrogen-bond donors (Lipinski definition) is 0. The Kier molecular flexibility index (Phi) is 6.55. The van der Waals surface area contributed by atoms with Crippen LogP contribution in [0.3, 0.4) is 0 Å². The second-order valence-electron chi connectivity index (χ2n) is 7.42. The van der Waals surface area contributed by atoms with Crippen LogP contribution in [0.4, 0.5) is 4.39 Å². The van der Waals surface area contributed by atoms with E-state index in [0.29, 0.717) is 36.9 Å². The largest absolute Gasteiger partial charge is 0.490 e. The first-order valence-corrected chi connectivity index (χ1v) is 11.1. The van der Waals surface area contributed by atoms with E-state index >= 15 is 0 Å². The van der Waals surface area contributed by atoms with Gasteiger partial charge in [-0.15, -0.1) is 11.3 Å². The molecule has 162 valence electrons. The molecule has 1 saturated heterocycles. The minimum Gasteiger partial charge on any atom is -0.490 e. The summed E-state index contributed by atoms with van der Waals surface area (Å²) in [5, 5.41) is 3.65. The molecule has 0 N–H and O–H groups in total. The second-order valence-corrected chi connectivity index (χ2v) is 8.77. The Balaban J connectivity index is 1.39. The van der Waals surface area contributed by atoms with Gasteiger partial charge in [-0.25, -0.2) is 4.39 Å². The Hall–Kier alpha value is -2.48. The molecular weight excluding hydrogens is 441 g/mol. The van der Waals surface area contributed by atoms with E-state index in [4.69, 9.17) is 21.1 Å². The molecule has 1 atom stereocenters. The molecule has 5 nitrogen and oxygen atoms in total. The van der Waals surface area contributed by atoms with Crippen molar-refractivity contribution < 1.29 is 23.5 Å². The van der Waals surface area contributed by atoms with Gasteiger partial charge >= 0.3 is 0 Å². The number of thiophene rings is 1. The van der Waals surface area contributed by atoms with Crippen molar-refractivity contribution in [2.45, 2.75) is 19.4 Å². The summed E-state index contributed by atoms with van der Waals surface area (Å²) in [4.78, 5) is 26.4. The summed E-state index contributed by atoms with van der Waals surface area (Å²) in [6.07, 6.45) is -0.0448. The summed E-state index contributed by atoms with van der Waals surface area (Å²) in [6.45, 7) is 2.82. The molecule has 1 aromatic heterocycles. The van der Waals surface area contributed by atoms with Crippen molar-refractivity contribution in [3.8, 4) is 5.75 Å². The van der Waals surface area contributed by atoms with Gasteiger partial charge in [0.15, 0.2) is 5.78 Å². The molecule has 1 unspecified atom stereocenters. The van der Waals surface area contributed by atoms with E-state index in [1.165, 1.54) is 19.1 Å². The average molecular weight is 462 g/mol. The van der Waals surface area contributed by atoms with Gasteiger partial charge in [-0.1, -0.05) is 11.6 Å². The van der Waals surface area contributed by atoms with Crippen LogP contribution in [-0.4, -0.2) is 49.0 Å². The highest BCUT2D eigenvalue weighted by atomic mass is 35.5. The summed E-state index contributed by atoms with van der Waals surface area (Å²) < 4.78 is 26.0. The minimum absolute atomic E-state index is 0.0131. The molecular formula is C23H21ClFNO4S. The Morgan fingerprint density at radius 2 is 2.13 bits per heavy atom. The van der Waals surface area contributed by atoms with Crippen molar-refractivity contribution in [3.05, 3.63) is 63.7 Å². The predicted octanol–water partition coefficient (Wildman–Crippen LogP) is 4.75. The van der Waals surface area contributed by atoms with Gasteiger partial charge in [0.2, 0.25) is 5.91 Å². The lowest BCUT2D eigenvalue weighted by Crippen LogP contribution is -2.48. The molecule has 1 amide bonds. The number of benzene rings is 2. The number of nitrogens with zero attached hydrogens (tertiary/aromatic N) is 1. The van der Waals surface area contributed by atoms with Crippen LogP contribution in [0, 0.1) is 5.82 Å². The first kappa shape index (κ1) is 21.7. The molecule has 1 aliphatic rings. The van der Waals surface area contributed by atoms with Crippen LogP contribution in [0.2, 0.25) is 5.02 Å². The molecule has 0 saturated carbocycles. The number of halogens is 2. The van der Waals surface area contributed by atoms with E-state index in [-0.39, 0.29) is 30.0 Å². The molecule has 0 radical (unpaired) electrons. The highest BCUT2D eigenvalue weighted by molar-refractivity contribution is 7.17. The standard InChI is InChI=1S/C23H21ClFNO4S/c1-14(27)19-10-17(25)3-4-21(19)30-12-18-11-26(6-7-29-18)23(28)8-15-13-31-22-5-2-16(24)9-20(15)22/h2-5,9-10,13,18H,6-8,11-12H2,1H3. The van der Waals surface area contributed by atoms with Crippen molar-refractivity contribution in [2.24, 2.45) is 0 Å². The fourth-order valence-corrected chi connectivity index (χ4v) is 4.71. The van der Waals surface area contributed by atoms with Crippen LogP contribution in [0.5, 0.6) is 5.75 Å². The Bertz CT molecular complexity index is 1130. The SMILES string of the molecule is CC(=O)c1cc(F)ccc1OCC1CN(C(=O)Cc2csc3ccc(Cl)cc23)CCO1. The topological polar surface area (TPSA) is 55.8 Å². The number of ketones is 1. The second kappa shape index (κ2) is 9.34. The smallest absolute Gasteiger partial charge is 0.227 e. The maximum atomic E-state index is 13.4. The van der Waals surface area contributed by atoms with E-state index in [1.54, 1.807) is 16.2 Å². The quantitative estimate of drug-likeness (QED) is 0.497. The maximum Gasteiger partial charge on any atom is 0.227 e. The lowest BCUT2D eigenvalue weighted by Gasteiger charge is -2.33. The van der Waals surface area contributed by atoms with E-state index in [9.17, 15) is 14.0 Å². The van der Waals surface area contributed by atoms with Crippen molar-refractivity contribution in [1.29, 1.82) is 0 Å². The first-order valence-electron chi connectivity index (χ1n) is 9.89. The minimum atomic E-state index is -0.495. The van der Waals surface area contributed by atoms with Gasteiger partial charge in [0, 0.05) is 16.3 Å². The normalized spacial score (nSPS) is 16.5. The highest BCUT2D eigenvalue weighted by Crippen LogP contribution is 2.29. The van der Waals surface area contributed by atoms with Crippen molar-refractivity contribution in [3.63, 3.8) is 0 Å². The summed E-state index contributed by atoms with van der Waals surface area (Å²) in [6, 6.07) is 9.54. The van der Waals surface area contributed by atoms with E-state index in [2.05, 4.69) is 0 Å². The van der Waals surface area contributed by atoms with Crippen LogP contribution in [0.1, 0.15) is 22.8 Å². The van der Waals surface area contributed by atoms with Crippen LogP contribution >= 0.6 is 22.9 Å². The van der Waals surface area contributed by atoms with Crippen molar-refractivity contribution in [1.82, 2.24) is 4.90 Å². The van der Waals surface area contributed by atoms with E-state index in [0.717, 1.165) is 21.7 Å². The number of Topliss-reactive ketones (excluding diaryl/α,β-unsaturated/α-hetero) is 1. The van der Waals surface area contributed by atoms with Crippen LogP contribution < -0.4 is 4.74 Å². The maximum absolute atomic E-state index is 13.4. The summed E-state index contributed by atoms with van der Waals surface area (Å²) in [7, 11) is 0. The first-order chi connectivity index (χ1) is 14.9.